The van der Waals surface area contributed by atoms with E-state index in [4.69, 9.17) is 14.2 Å². The Bertz CT molecular complexity index is 626. The minimum atomic E-state index is -1.50. The maximum atomic E-state index is 11.3. The Morgan fingerprint density at radius 3 is 2.44 bits per heavy atom. The molecule has 0 aromatic heterocycles. The highest BCUT2D eigenvalue weighted by molar-refractivity contribution is 5.82. The summed E-state index contributed by atoms with van der Waals surface area (Å²) < 4.78 is 16.0. The van der Waals surface area contributed by atoms with Gasteiger partial charge in [0.2, 0.25) is 6.29 Å². The molecular weight excluding hydrogens is 332 g/mol. The predicted octanol–water partition coefficient (Wildman–Crippen LogP) is -0.591. The second-order valence-corrected chi connectivity index (χ2v) is 5.95. The van der Waals surface area contributed by atoms with Crippen molar-refractivity contribution in [2.75, 3.05) is 6.61 Å². The van der Waals surface area contributed by atoms with Gasteiger partial charge in [0.15, 0.2) is 0 Å². The highest BCUT2D eigenvalue weighted by atomic mass is 16.7. The van der Waals surface area contributed by atoms with Crippen LogP contribution in [0.1, 0.15) is 18.1 Å². The molecule has 136 valence electrons. The van der Waals surface area contributed by atoms with Crippen LogP contribution in [0.4, 0.5) is 0 Å². The van der Waals surface area contributed by atoms with Crippen LogP contribution in [-0.4, -0.2) is 63.7 Å². The van der Waals surface area contributed by atoms with E-state index >= 15 is 0 Å². The first kappa shape index (κ1) is 17.8. The monoisotopic (exact) mass is 352 g/mol. The normalized spacial score (nSPS) is 35.3. The topological polar surface area (TPSA) is 126 Å². The molecule has 8 heteroatoms. The first-order chi connectivity index (χ1) is 12.0. The first-order valence-electron chi connectivity index (χ1n) is 7.94. The Kier molecular flexibility index (Phi) is 5.36. The van der Waals surface area contributed by atoms with E-state index in [2.05, 4.69) is 0 Å². The molecule has 6 atom stereocenters. The molecule has 4 N–H and O–H groups in total. The zero-order valence-corrected chi connectivity index (χ0v) is 13.3. The summed E-state index contributed by atoms with van der Waals surface area (Å²) >= 11 is 0. The summed E-state index contributed by atoms with van der Waals surface area (Å²) in [6.07, 6.45) is -3.32. The van der Waals surface area contributed by atoms with Gasteiger partial charge in [-0.2, -0.15) is 0 Å². The van der Waals surface area contributed by atoms with E-state index in [1.54, 1.807) is 30.3 Å². The smallest absolute Gasteiger partial charge is 0.331 e. The largest absolute Gasteiger partial charge is 0.462 e. The molecule has 0 aliphatic carbocycles. The Labute approximate surface area is 143 Å². The third-order valence-corrected chi connectivity index (χ3v) is 4.22. The summed E-state index contributed by atoms with van der Waals surface area (Å²) in [4.78, 5) is 11.3. The van der Waals surface area contributed by atoms with Crippen LogP contribution in [0.25, 0.3) is 0 Å². The molecule has 8 nitrogen and oxygen atoms in total. The molecular formula is C17H20O8. The molecule has 0 amide bonds. The van der Waals surface area contributed by atoms with Crippen molar-refractivity contribution in [3.05, 3.63) is 42.0 Å². The van der Waals surface area contributed by atoms with Crippen LogP contribution in [0.3, 0.4) is 0 Å². The zero-order valence-electron chi connectivity index (χ0n) is 13.3. The fourth-order valence-electron chi connectivity index (χ4n) is 2.78. The van der Waals surface area contributed by atoms with Gasteiger partial charge in [-0.15, -0.1) is 0 Å². The average molecular weight is 352 g/mol. The lowest BCUT2D eigenvalue weighted by Gasteiger charge is -2.39. The average Bonchev–Trinajstić information content (AvgIpc) is 2.63. The molecule has 25 heavy (non-hydrogen) atoms. The maximum Gasteiger partial charge on any atom is 0.331 e. The standard InChI is InChI=1S/C17H20O8/c18-8-12-14(20)15(21)16(22)17(25-12)23-10-6-4-9(5-7-10)11-2-1-3-13(19)24-11/h1,3-7,11-12,14-18,20-22H,2,8H2. The molecule has 0 spiro atoms. The van der Waals surface area contributed by atoms with Gasteiger partial charge in [-0.3, -0.25) is 0 Å². The summed E-state index contributed by atoms with van der Waals surface area (Å²) in [5.74, 6) is -0.0383. The number of rotatable bonds is 4. The lowest BCUT2D eigenvalue weighted by Crippen LogP contribution is -2.60. The van der Waals surface area contributed by atoms with Crippen LogP contribution in [0.2, 0.25) is 0 Å². The fraction of sp³-hybridized carbons (Fsp3) is 0.471. The van der Waals surface area contributed by atoms with Crippen LogP contribution >= 0.6 is 0 Å². The summed E-state index contributed by atoms with van der Waals surface area (Å²) in [7, 11) is 0. The quantitative estimate of drug-likeness (QED) is 0.530. The Hall–Kier alpha value is -1.97. The van der Waals surface area contributed by atoms with Crippen molar-refractivity contribution < 1.29 is 39.4 Å². The summed E-state index contributed by atoms with van der Waals surface area (Å²) in [5.41, 5.74) is 0.791. The molecule has 2 heterocycles. The van der Waals surface area contributed by atoms with Crippen molar-refractivity contribution in [1.82, 2.24) is 0 Å². The van der Waals surface area contributed by atoms with Gasteiger partial charge < -0.3 is 34.6 Å². The SMILES string of the molecule is O=C1C=CCC(c2ccc(OC3OC(CO)C(O)C(O)C3O)cc2)O1. The van der Waals surface area contributed by atoms with Crippen LogP contribution < -0.4 is 4.74 Å². The lowest BCUT2D eigenvalue weighted by molar-refractivity contribution is -0.277. The number of ether oxygens (including phenoxy) is 3. The van der Waals surface area contributed by atoms with Gasteiger partial charge in [-0.25, -0.2) is 4.79 Å². The highest BCUT2D eigenvalue weighted by Gasteiger charge is 2.44. The molecule has 2 aliphatic rings. The van der Waals surface area contributed by atoms with Crippen LogP contribution in [0, 0.1) is 0 Å². The molecule has 6 unspecified atom stereocenters. The number of hydrogen-bond acceptors (Lipinski definition) is 8. The molecule has 1 fully saturated rings. The van der Waals surface area contributed by atoms with Gasteiger partial charge in [0.05, 0.1) is 6.61 Å². The lowest BCUT2D eigenvalue weighted by atomic mass is 9.99. The van der Waals surface area contributed by atoms with E-state index in [1.165, 1.54) is 6.08 Å². The van der Waals surface area contributed by atoms with E-state index in [1.807, 2.05) is 0 Å². The molecule has 0 radical (unpaired) electrons. The van der Waals surface area contributed by atoms with Crippen molar-refractivity contribution in [2.45, 2.75) is 43.2 Å². The first-order valence-corrected chi connectivity index (χ1v) is 7.94. The second kappa shape index (κ2) is 7.51. The molecule has 2 aliphatic heterocycles. The van der Waals surface area contributed by atoms with Crippen molar-refractivity contribution in [3.8, 4) is 5.75 Å². The number of aliphatic hydroxyl groups excluding tert-OH is 4. The van der Waals surface area contributed by atoms with Gasteiger partial charge in [0.25, 0.3) is 0 Å². The maximum absolute atomic E-state index is 11.3. The van der Waals surface area contributed by atoms with E-state index in [0.717, 1.165) is 5.56 Å². The summed E-state index contributed by atoms with van der Waals surface area (Å²) in [6.45, 7) is -0.524. The van der Waals surface area contributed by atoms with Crippen molar-refractivity contribution in [3.63, 3.8) is 0 Å². The molecule has 0 saturated carbocycles. The Morgan fingerprint density at radius 2 is 1.80 bits per heavy atom. The number of carbonyl (C=O) groups excluding carboxylic acids is 1. The minimum Gasteiger partial charge on any atom is -0.462 e. The van der Waals surface area contributed by atoms with Crippen molar-refractivity contribution in [1.29, 1.82) is 0 Å². The number of esters is 1. The predicted molar refractivity (Wildman–Crippen MR) is 83.4 cm³/mol. The van der Waals surface area contributed by atoms with Gasteiger partial charge in [0.1, 0.15) is 36.3 Å². The Balaban J connectivity index is 1.66. The molecule has 0 bridgehead atoms. The number of cyclic esters (lactones) is 1. The third-order valence-electron chi connectivity index (χ3n) is 4.22. The van der Waals surface area contributed by atoms with Gasteiger partial charge in [0, 0.05) is 12.5 Å². The number of hydrogen-bond donors (Lipinski definition) is 4. The molecule has 3 rings (SSSR count). The Morgan fingerprint density at radius 1 is 1.08 bits per heavy atom. The van der Waals surface area contributed by atoms with Crippen LogP contribution in [-0.2, 0) is 14.3 Å². The summed E-state index contributed by atoms with van der Waals surface area (Å²) in [5, 5.41) is 38.6. The summed E-state index contributed by atoms with van der Waals surface area (Å²) in [6, 6.07) is 6.67. The number of aliphatic hydroxyl groups is 4. The molecule has 1 aromatic carbocycles. The van der Waals surface area contributed by atoms with E-state index in [-0.39, 0.29) is 6.10 Å². The van der Waals surface area contributed by atoms with Gasteiger partial charge in [-0.05, 0) is 17.7 Å². The zero-order chi connectivity index (χ0) is 18.0. The van der Waals surface area contributed by atoms with Gasteiger partial charge >= 0.3 is 5.97 Å². The highest BCUT2D eigenvalue weighted by Crippen LogP contribution is 2.28. The molecule has 1 saturated heterocycles. The van der Waals surface area contributed by atoms with E-state index < -0.39 is 43.3 Å². The number of benzene rings is 1. The fourth-order valence-corrected chi connectivity index (χ4v) is 2.78. The number of carbonyl (C=O) groups is 1. The van der Waals surface area contributed by atoms with E-state index in [0.29, 0.717) is 12.2 Å². The third kappa shape index (κ3) is 3.83. The van der Waals surface area contributed by atoms with Crippen molar-refractivity contribution in [2.24, 2.45) is 0 Å². The molecule has 1 aromatic rings. The van der Waals surface area contributed by atoms with Crippen molar-refractivity contribution >= 4 is 5.97 Å². The second-order valence-electron chi connectivity index (χ2n) is 5.95. The van der Waals surface area contributed by atoms with E-state index in [9.17, 15) is 25.2 Å². The van der Waals surface area contributed by atoms with Crippen LogP contribution in [0.5, 0.6) is 5.75 Å². The van der Waals surface area contributed by atoms with Crippen LogP contribution in [0.15, 0.2) is 36.4 Å². The minimum absolute atomic E-state index is 0.353. The van der Waals surface area contributed by atoms with Gasteiger partial charge in [-0.1, -0.05) is 18.2 Å².